The summed E-state index contributed by atoms with van der Waals surface area (Å²) in [5.41, 5.74) is 3.17. The molecule has 2 aliphatic rings. The van der Waals surface area contributed by atoms with Crippen LogP contribution in [0.4, 0.5) is 0 Å². The summed E-state index contributed by atoms with van der Waals surface area (Å²) < 4.78 is 0. The molecule has 74 valence electrons. The highest BCUT2D eigenvalue weighted by molar-refractivity contribution is 5.22. The third kappa shape index (κ3) is 2.12. The summed E-state index contributed by atoms with van der Waals surface area (Å²) in [6.45, 7) is 7.89. The predicted molar refractivity (Wildman–Crippen MR) is 55.8 cm³/mol. The SMILES string of the molecule is CCC1CC1NCC(C)=C1CNC1. The zero-order valence-electron chi connectivity index (χ0n) is 8.69. The molecule has 0 aromatic heterocycles. The molecule has 0 radical (unpaired) electrons. The van der Waals surface area contributed by atoms with Crippen LogP contribution >= 0.6 is 0 Å². The third-order valence-corrected chi connectivity index (χ3v) is 3.36. The second-order valence-electron chi connectivity index (χ2n) is 4.38. The van der Waals surface area contributed by atoms with Gasteiger partial charge in [-0.2, -0.15) is 0 Å². The minimum Gasteiger partial charge on any atom is -0.310 e. The highest BCUT2D eigenvalue weighted by Crippen LogP contribution is 2.33. The molecule has 2 fully saturated rings. The Hall–Kier alpha value is -0.340. The van der Waals surface area contributed by atoms with E-state index in [-0.39, 0.29) is 0 Å². The first-order chi connectivity index (χ1) is 6.31. The molecule has 2 atom stereocenters. The van der Waals surface area contributed by atoms with Gasteiger partial charge in [-0.05, 0) is 24.8 Å². The van der Waals surface area contributed by atoms with Gasteiger partial charge in [0.05, 0.1) is 0 Å². The van der Waals surface area contributed by atoms with Gasteiger partial charge in [0.25, 0.3) is 0 Å². The molecule has 0 spiro atoms. The molecule has 2 unspecified atom stereocenters. The van der Waals surface area contributed by atoms with Gasteiger partial charge < -0.3 is 10.6 Å². The lowest BCUT2D eigenvalue weighted by atomic mass is 10.0. The summed E-state index contributed by atoms with van der Waals surface area (Å²) in [6, 6.07) is 0.827. The molecule has 2 rings (SSSR count). The van der Waals surface area contributed by atoms with Crippen molar-refractivity contribution < 1.29 is 0 Å². The maximum absolute atomic E-state index is 3.62. The van der Waals surface area contributed by atoms with Crippen LogP contribution < -0.4 is 10.6 Å². The Morgan fingerprint density at radius 2 is 2.31 bits per heavy atom. The normalized spacial score (nSPS) is 31.4. The van der Waals surface area contributed by atoms with Gasteiger partial charge in [-0.15, -0.1) is 0 Å². The summed E-state index contributed by atoms with van der Waals surface area (Å²) >= 11 is 0. The van der Waals surface area contributed by atoms with Gasteiger partial charge >= 0.3 is 0 Å². The predicted octanol–water partition coefficient (Wildman–Crippen LogP) is 1.29. The molecule has 2 heteroatoms. The van der Waals surface area contributed by atoms with Gasteiger partial charge in [0.2, 0.25) is 0 Å². The van der Waals surface area contributed by atoms with E-state index in [9.17, 15) is 0 Å². The summed E-state index contributed by atoms with van der Waals surface area (Å²) in [4.78, 5) is 0. The Kier molecular flexibility index (Phi) is 2.70. The lowest BCUT2D eigenvalue weighted by Gasteiger charge is -2.22. The van der Waals surface area contributed by atoms with Gasteiger partial charge in [0.1, 0.15) is 0 Å². The smallest absolute Gasteiger partial charge is 0.0183 e. The van der Waals surface area contributed by atoms with Crippen LogP contribution in [0.2, 0.25) is 0 Å². The monoisotopic (exact) mass is 180 g/mol. The Morgan fingerprint density at radius 1 is 1.54 bits per heavy atom. The van der Waals surface area contributed by atoms with Crippen molar-refractivity contribution in [2.45, 2.75) is 32.7 Å². The van der Waals surface area contributed by atoms with Crippen molar-refractivity contribution in [1.82, 2.24) is 10.6 Å². The Labute approximate surface area is 80.8 Å². The molecule has 0 amide bonds. The van der Waals surface area contributed by atoms with E-state index in [1.807, 2.05) is 0 Å². The number of hydrogen-bond acceptors (Lipinski definition) is 2. The highest BCUT2D eigenvalue weighted by Gasteiger charge is 2.34. The molecule has 0 aromatic rings. The summed E-state index contributed by atoms with van der Waals surface area (Å²) in [6.07, 6.45) is 2.74. The van der Waals surface area contributed by atoms with E-state index in [0.717, 1.165) is 31.6 Å². The van der Waals surface area contributed by atoms with Gasteiger partial charge in [-0.1, -0.05) is 18.9 Å². The zero-order valence-corrected chi connectivity index (χ0v) is 8.69. The second kappa shape index (κ2) is 3.81. The summed E-state index contributed by atoms with van der Waals surface area (Å²) in [5.74, 6) is 0.970. The van der Waals surface area contributed by atoms with Crippen molar-refractivity contribution in [2.24, 2.45) is 5.92 Å². The minimum absolute atomic E-state index is 0.827. The minimum atomic E-state index is 0.827. The molecule has 1 saturated heterocycles. The Morgan fingerprint density at radius 3 is 2.77 bits per heavy atom. The van der Waals surface area contributed by atoms with Crippen molar-refractivity contribution in [3.8, 4) is 0 Å². The second-order valence-corrected chi connectivity index (χ2v) is 4.38. The van der Waals surface area contributed by atoms with E-state index in [4.69, 9.17) is 0 Å². The molecular formula is C11H20N2. The number of hydrogen-bond donors (Lipinski definition) is 2. The van der Waals surface area contributed by atoms with E-state index < -0.39 is 0 Å². The number of rotatable bonds is 4. The molecule has 13 heavy (non-hydrogen) atoms. The van der Waals surface area contributed by atoms with Gasteiger partial charge in [-0.3, -0.25) is 0 Å². The first-order valence-electron chi connectivity index (χ1n) is 5.43. The molecule has 1 aliphatic carbocycles. The van der Waals surface area contributed by atoms with E-state index in [2.05, 4.69) is 24.5 Å². The topological polar surface area (TPSA) is 24.1 Å². The quantitative estimate of drug-likeness (QED) is 0.637. The molecule has 1 aliphatic heterocycles. The van der Waals surface area contributed by atoms with E-state index in [1.54, 1.807) is 11.1 Å². The summed E-state index contributed by atoms with van der Waals surface area (Å²) in [7, 11) is 0. The van der Waals surface area contributed by atoms with Crippen LogP contribution in [0.3, 0.4) is 0 Å². The van der Waals surface area contributed by atoms with Crippen LogP contribution in [0, 0.1) is 5.92 Å². The molecule has 2 nitrogen and oxygen atoms in total. The van der Waals surface area contributed by atoms with Crippen molar-refractivity contribution in [2.75, 3.05) is 19.6 Å². The molecular weight excluding hydrogens is 160 g/mol. The lowest BCUT2D eigenvalue weighted by molar-refractivity contribution is 0.621. The van der Waals surface area contributed by atoms with E-state index in [1.165, 1.54) is 12.8 Å². The largest absolute Gasteiger partial charge is 0.310 e. The van der Waals surface area contributed by atoms with Crippen LogP contribution in [0.1, 0.15) is 26.7 Å². The Balaban J connectivity index is 1.68. The third-order valence-electron chi connectivity index (χ3n) is 3.36. The van der Waals surface area contributed by atoms with Crippen LogP contribution in [0.25, 0.3) is 0 Å². The maximum atomic E-state index is 3.62. The van der Waals surface area contributed by atoms with Crippen molar-refractivity contribution >= 4 is 0 Å². The van der Waals surface area contributed by atoms with E-state index >= 15 is 0 Å². The van der Waals surface area contributed by atoms with E-state index in [0.29, 0.717) is 0 Å². The lowest BCUT2D eigenvalue weighted by Crippen LogP contribution is -2.36. The maximum Gasteiger partial charge on any atom is 0.0183 e. The molecule has 0 aromatic carbocycles. The molecule has 1 saturated carbocycles. The Bertz CT molecular complexity index is 214. The fourth-order valence-corrected chi connectivity index (χ4v) is 1.91. The first-order valence-corrected chi connectivity index (χ1v) is 5.43. The molecule has 2 N–H and O–H groups in total. The molecule has 0 bridgehead atoms. The average Bonchev–Trinajstić information content (AvgIpc) is 2.76. The van der Waals surface area contributed by atoms with Gasteiger partial charge in [-0.25, -0.2) is 0 Å². The van der Waals surface area contributed by atoms with Crippen molar-refractivity contribution in [3.63, 3.8) is 0 Å². The summed E-state index contributed by atoms with van der Waals surface area (Å²) in [5, 5.41) is 6.90. The highest BCUT2D eigenvalue weighted by atomic mass is 15.0. The van der Waals surface area contributed by atoms with Crippen LogP contribution in [0.5, 0.6) is 0 Å². The fourth-order valence-electron chi connectivity index (χ4n) is 1.91. The number of nitrogens with one attached hydrogen (secondary N) is 2. The van der Waals surface area contributed by atoms with Gasteiger partial charge in [0.15, 0.2) is 0 Å². The standard InChI is InChI=1S/C11H20N2/c1-3-9-4-11(9)13-5-8(2)10-6-12-7-10/h9,11-13H,3-7H2,1-2H3. The average molecular weight is 180 g/mol. The zero-order chi connectivity index (χ0) is 9.26. The van der Waals surface area contributed by atoms with Crippen LogP contribution in [-0.2, 0) is 0 Å². The van der Waals surface area contributed by atoms with Crippen LogP contribution in [0.15, 0.2) is 11.1 Å². The molecule has 1 heterocycles. The van der Waals surface area contributed by atoms with Crippen LogP contribution in [-0.4, -0.2) is 25.7 Å². The van der Waals surface area contributed by atoms with Gasteiger partial charge in [0, 0.05) is 25.7 Å². The van der Waals surface area contributed by atoms with Crippen molar-refractivity contribution in [3.05, 3.63) is 11.1 Å². The fraction of sp³-hybridized carbons (Fsp3) is 0.818. The van der Waals surface area contributed by atoms with Crippen molar-refractivity contribution in [1.29, 1.82) is 0 Å². The first kappa shape index (κ1) is 9.22.